The molecular weight excluding hydrogens is 410 g/mol. The van der Waals surface area contributed by atoms with Crippen LogP contribution in [-0.4, -0.2) is 48.6 Å². The fraction of sp³-hybridized carbons (Fsp3) is 0.391. The third-order valence-corrected chi connectivity index (χ3v) is 7.14. The van der Waals surface area contributed by atoms with E-state index in [1.165, 1.54) is 16.9 Å². The highest BCUT2D eigenvalue weighted by Gasteiger charge is 2.27. The number of aliphatic hydroxyl groups is 1. The summed E-state index contributed by atoms with van der Waals surface area (Å²) in [7, 11) is 0. The summed E-state index contributed by atoms with van der Waals surface area (Å²) < 4.78 is 1.70. The van der Waals surface area contributed by atoms with E-state index in [2.05, 4.69) is 12.0 Å². The van der Waals surface area contributed by atoms with Gasteiger partial charge < -0.3 is 10.0 Å². The second-order valence-electron chi connectivity index (χ2n) is 8.30. The molecule has 4 aromatic rings. The summed E-state index contributed by atoms with van der Waals surface area (Å²) in [4.78, 5) is 26.7. The van der Waals surface area contributed by atoms with Crippen molar-refractivity contribution in [3.63, 3.8) is 0 Å². The van der Waals surface area contributed by atoms with E-state index in [-0.39, 0.29) is 24.9 Å². The van der Waals surface area contributed by atoms with E-state index in [1.807, 2.05) is 37.3 Å². The van der Waals surface area contributed by atoms with Crippen molar-refractivity contribution in [2.75, 3.05) is 13.2 Å². The van der Waals surface area contributed by atoms with Gasteiger partial charge in [-0.1, -0.05) is 37.3 Å². The largest absolute Gasteiger partial charge is 0.395 e. The quantitative estimate of drug-likeness (QED) is 0.519. The van der Waals surface area contributed by atoms with Crippen LogP contribution in [0, 0.1) is 12.8 Å². The van der Waals surface area contributed by atoms with Crippen molar-refractivity contribution in [2.45, 2.75) is 39.7 Å². The lowest BCUT2D eigenvalue weighted by atomic mass is 9.89. The first-order valence-electron chi connectivity index (χ1n) is 10.7. The van der Waals surface area contributed by atoms with Gasteiger partial charge in [0.1, 0.15) is 10.7 Å². The summed E-state index contributed by atoms with van der Waals surface area (Å²) >= 11 is 1.74. The fourth-order valence-corrected chi connectivity index (χ4v) is 5.61. The highest BCUT2D eigenvalue weighted by atomic mass is 32.1. The van der Waals surface area contributed by atoms with Gasteiger partial charge in [0.15, 0.2) is 5.65 Å². The van der Waals surface area contributed by atoms with Crippen LogP contribution in [0.15, 0.2) is 30.3 Å². The first-order valence-corrected chi connectivity index (χ1v) is 11.5. The summed E-state index contributed by atoms with van der Waals surface area (Å²) in [5.41, 5.74) is 3.02. The van der Waals surface area contributed by atoms with E-state index >= 15 is 0 Å². The van der Waals surface area contributed by atoms with E-state index in [1.54, 1.807) is 20.8 Å². The molecular formula is C23H25N5O2S. The molecule has 1 aliphatic carbocycles. The molecule has 31 heavy (non-hydrogen) atoms. The predicted octanol–water partition coefficient (Wildman–Crippen LogP) is 3.41. The Morgan fingerprint density at radius 1 is 1.29 bits per heavy atom. The second kappa shape index (κ2) is 8.01. The predicted molar refractivity (Wildman–Crippen MR) is 120 cm³/mol. The highest BCUT2D eigenvalue weighted by Crippen LogP contribution is 2.39. The van der Waals surface area contributed by atoms with Crippen molar-refractivity contribution < 1.29 is 9.90 Å². The molecule has 0 saturated heterocycles. The van der Waals surface area contributed by atoms with Gasteiger partial charge >= 0.3 is 0 Å². The van der Waals surface area contributed by atoms with Crippen LogP contribution < -0.4 is 0 Å². The van der Waals surface area contributed by atoms with E-state index in [9.17, 15) is 9.90 Å². The average Bonchev–Trinajstić information content (AvgIpc) is 3.35. The van der Waals surface area contributed by atoms with Gasteiger partial charge in [-0.05, 0) is 43.2 Å². The van der Waals surface area contributed by atoms with Crippen LogP contribution in [0.3, 0.4) is 0 Å². The molecule has 7 nitrogen and oxygen atoms in total. The maximum Gasteiger partial charge on any atom is 0.293 e. The zero-order valence-electron chi connectivity index (χ0n) is 17.7. The van der Waals surface area contributed by atoms with Crippen LogP contribution in [-0.2, 0) is 19.4 Å². The number of nitrogens with zero attached hydrogens (tertiary/aromatic N) is 5. The Hall–Kier alpha value is -2.84. The summed E-state index contributed by atoms with van der Waals surface area (Å²) in [5, 5.41) is 15.1. The minimum atomic E-state index is -0.286. The molecule has 1 N–H and O–H groups in total. The van der Waals surface area contributed by atoms with E-state index in [0.717, 1.165) is 34.4 Å². The van der Waals surface area contributed by atoms with E-state index in [0.29, 0.717) is 18.1 Å². The number of aromatic nitrogens is 4. The number of amides is 1. The molecule has 0 saturated carbocycles. The summed E-state index contributed by atoms with van der Waals surface area (Å²) in [6.45, 7) is 4.67. The molecule has 160 valence electrons. The number of thiophene rings is 1. The van der Waals surface area contributed by atoms with Crippen LogP contribution in [0.25, 0.3) is 15.9 Å². The summed E-state index contributed by atoms with van der Waals surface area (Å²) in [6.07, 6.45) is 3.28. The van der Waals surface area contributed by atoms with Crippen LogP contribution in [0.5, 0.6) is 0 Å². The Balaban J connectivity index is 1.58. The van der Waals surface area contributed by atoms with Gasteiger partial charge in [0, 0.05) is 18.0 Å². The van der Waals surface area contributed by atoms with Gasteiger partial charge in [0.2, 0.25) is 5.82 Å². The standard InChI is InChI=1S/C23H25N5O2S/c1-14-8-9-18-17(12-14)19-21-25-20(26-28(21)15(2)24-22(19)31-18)23(30)27(10-11-29)13-16-6-4-3-5-7-16/h3-7,14,29H,8-13H2,1-2H3. The number of fused-ring (bicyclic) bond motifs is 5. The molecule has 3 heterocycles. The molecule has 8 heteroatoms. The van der Waals surface area contributed by atoms with Crippen molar-refractivity contribution in [3.8, 4) is 0 Å². The number of rotatable bonds is 5. The van der Waals surface area contributed by atoms with Gasteiger partial charge in [-0.15, -0.1) is 16.4 Å². The molecule has 3 aromatic heterocycles. The van der Waals surface area contributed by atoms with Crippen molar-refractivity contribution in [1.82, 2.24) is 24.5 Å². The Labute approximate surface area is 184 Å². The van der Waals surface area contributed by atoms with Crippen molar-refractivity contribution in [2.24, 2.45) is 5.92 Å². The minimum Gasteiger partial charge on any atom is -0.395 e. The SMILES string of the molecule is Cc1nc2sc3c(c2c2nc(C(=O)N(CCO)Cc4ccccc4)nn12)CC(C)CC3. The van der Waals surface area contributed by atoms with Crippen LogP contribution in [0.4, 0.5) is 0 Å². The van der Waals surface area contributed by atoms with Gasteiger partial charge in [-0.3, -0.25) is 4.79 Å². The Morgan fingerprint density at radius 3 is 2.87 bits per heavy atom. The van der Waals surface area contributed by atoms with Crippen molar-refractivity contribution in [3.05, 3.63) is 58.0 Å². The summed E-state index contributed by atoms with van der Waals surface area (Å²) in [5.74, 6) is 1.20. The number of hydrogen-bond donors (Lipinski definition) is 1. The zero-order valence-corrected chi connectivity index (χ0v) is 18.5. The fourth-order valence-electron chi connectivity index (χ4n) is 4.36. The maximum absolute atomic E-state index is 13.3. The Bertz CT molecular complexity index is 1260. The van der Waals surface area contributed by atoms with Crippen molar-refractivity contribution in [1.29, 1.82) is 0 Å². The van der Waals surface area contributed by atoms with Crippen LogP contribution in [0.2, 0.25) is 0 Å². The molecule has 0 radical (unpaired) electrons. The molecule has 0 aliphatic heterocycles. The monoisotopic (exact) mass is 435 g/mol. The molecule has 0 bridgehead atoms. The third-order valence-electron chi connectivity index (χ3n) is 5.95. The number of benzene rings is 1. The van der Waals surface area contributed by atoms with Gasteiger partial charge in [0.25, 0.3) is 5.91 Å². The van der Waals surface area contributed by atoms with Gasteiger partial charge in [0.05, 0.1) is 12.0 Å². The van der Waals surface area contributed by atoms with Gasteiger partial charge in [-0.2, -0.15) is 4.52 Å². The topological polar surface area (TPSA) is 83.6 Å². The first-order chi connectivity index (χ1) is 15.0. The van der Waals surface area contributed by atoms with Gasteiger partial charge in [-0.25, -0.2) is 9.97 Å². The first kappa shape index (κ1) is 20.1. The maximum atomic E-state index is 13.3. The molecule has 0 spiro atoms. The smallest absolute Gasteiger partial charge is 0.293 e. The van der Waals surface area contributed by atoms with Crippen LogP contribution in [0.1, 0.15) is 45.8 Å². The number of carbonyl (C=O) groups excluding carboxylic acids is 1. The molecule has 1 aromatic carbocycles. The molecule has 1 atom stereocenters. The molecule has 0 fully saturated rings. The van der Waals surface area contributed by atoms with E-state index < -0.39 is 0 Å². The highest BCUT2D eigenvalue weighted by molar-refractivity contribution is 7.19. The Morgan fingerprint density at radius 2 is 2.10 bits per heavy atom. The second-order valence-corrected chi connectivity index (χ2v) is 9.38. The number of aryl methyl sites for hydroxylation is 2. The molecule has 1 amide bonds. The molecule has 5 rings (SSSR count). The lowest BCUT2D eigenvalue weighted by Crippen LogP contribution is -2.33. The van der Waals surface area contributed by atoms with E-state index in [4.69, 9.17) is 9.97 Å². The summed E-state index contributed by atoms with van der Waals surface area (Å²) in [6, 6.07) is 9.74. The molecule has 1 unspecified atom stereocenters. The number of hydrogen-bond acceptors (Lipinski definition) is 6. The minimum absolute atomic E-state index is 0.118. The lowest BCUT2D eigenvalue weighted by molar-refractivity contribution is 0.0696. The normalized spacial score (nSPS) is 16.0. The zero-order chi connectivity index (χ0) is 21.5. The Kier molecular flexibility index (Phi) is 5.19. The molecule has 1 aliphatic rings. The van der Waals surface area contributed by atoms with Crippen LogP contribution >= 0.6 is 11.3 Å². The third kappa shape index (κ3) is 3.59. The number of carbonyl (C=O) groups is 1. The lowest BCUT2D eigenvalue weighted by Gasteiger charge is -2.20. The number of aliphatic hydroxyl groups excluding tert-OH is 1. The van der Waals surface area contributed by atoms with Crippen molar-refractivity contribution >= 4 is 33.1 Å². The average molecular weight is 436 g/mol.